The highest BCUT2D eigenvalue weighted by atomic mass is 16.5. The predicted octanol–water partition coefficient (Wildman–Crippen LogP) is 3.38. The highest BCUT2D eigenvalue weighted by Gasteiger charge is 2.12. The first-order valence-corrected chi connectivity index (χ1v) is 10.8. The third-order valence-electron chi connectivity index (χ3n) is 4.41. The van der Waals surface area contributed by atoms with Gasteiger partial charge in [-0.05, 0) is 62.7 Å². The lowest BCUT2D eigenvalue weighted by atomic mass is 10.2. The molecule has 0 unspecified atom stereocenters. The fraction of sp³-hybridized carbons (Fsp3) is 0.375. The van der Waals surface area contributed by atoms with E-state index in [4.69, 9.17) is 9.47 Å². The Morgan fingerprint density at radius 3 is 1.91 bits per heavy atom. The summed E-state index contributed by atoms with van der Waals surface area (Å²) in [6, 6.07) is 11.7. The Balaban J connectivity index is 1.81. The fourth-order valence-electron chi connectivity index (χ4n) is 2.90. The zero-order valence-electron chi connectivity index (χ0n) is 18.8. The van der Waals surface area contributed by atoms with Gasteiger partial charge in [-0.3, -0.25) is 14.4 Å². The average Bonchev–Trinajstić information content (AvgIpc) is 2.78. The van der Waals surface area contributed by atoms with Gasteiger partial charge in [-0.15, -0.1) is 0 Å². The molecule has 3 amide bonds. The van der Waals surface area contributed by atoms with Gasteiger partial charge in [-0.1, -0.05) is 6.92 Å². The van der Waals surface area contributed by atoms with Crippen molar-refractivity contribution in [2.24, 2.45) is 0 Å². The summed E-state index contributed by atoms with van der Waals surface area (Å²) in [5.41, 5.74) is 1.57. The predicted molar refractivity (Wildman–Crippen MR) is 123 cm³/mol. The summed E-state index contributed by atoms with van der Waals surface area (Å²) in [5.74, 6) is 0.529. The topological polar surface area (TPSA) is 106 Å². The van der Waals surface area contributed by atoms with Crippen molar-refractivity contribution < 1.29 is 23.9 Å². The molecule has 8 nitrogen and oxygen atoms in total. The molecule has 0 aliphatic rings. The van der Waals surface area contributed by atoms with Gasteiger partial charge in [-0.2, -0.15) is 0 Å². The van der Waals surface area contributed by atoms with Crippen LogP contribution >= 0.6 is 0 Å². The Labute approximate surface area is 188 Å². The minimum atomic E-state index is -0.268. The Kier molecular flexibility index (Phi) is 10.0. The summed E-state index contributed by atoms with van der Waals surface area (Å²) >= 11 is 0. The third kappa shape index (κ3) is 7.61. The lowest BCUT2D eigenvalue weighted by Crippen LogP contribution is -2.34. The molecule has 0 saturated carbocycles. The molecule has 0 aromatic heterocycles. The van der Waals surface area contributed by atoms with Crippen molar-refractivity contribution in [3.63, 3.8) is 0 Å². The fourth-order valence-corrected chi connectivity index (χ4v) is 2.90. The van der Waals surface area contributed by atoms with Crippen LogP contribution in [-0.4, -0.2) is 44.0 Å². The van der Waals surface area contributed by atoms with Gasteiger partial charge in [0.05, 0.1) is 13.2 Å². The van der Waals surface area contributed by atoms with Gasteiger partial charge in [0.1, 0.15) is 0 Å². The maximum absolute atomic E-state index is 12.4. The molecule has 3 N–H and O–H groups in total. The van der Waals surface area contributed by atoms with Gasteiger partial charge in [0.2, 0.25) is 5.91 Å². The van der Waals surface area contributed by atoms with Gasteiger partial charge in [0.15, 0.2) is 11.5 Å². The molecule has 0 saturated heterocycles. The van der Waals surface area contributed by atoms with Gasteiger partial charge in [0.25, 0.3) is 11.8 Å². The molecule has 0 heterocycles. The molecule has 2 aromatic rings. The van der Waals surface area contributed by atoms with Crippen molar-refractivity contribution in [2.75, 3.05) is 31.6 Å². The van der Waals surface area contributed by atoms with Crippen molar-refractivity contribution in [2.45, 2.75) is 33.6 Å². The Hall–Kier alpha value is -3.55. The van der Waals surface area contributed by atoms with E-state index in [-0.39, 0.29) is 30.8 Å². The van der Waals surface area contributed by atoms with E-state index >= 15 is 0 Å². The summed E-state index contributed by atoms with van der Waals surface area (Å²) in [6.45, 7) is 7.18. The van der Waals surface area contributed by atoms with Crippen molar-refractivity contribution in [1.29, 1.82) is 0 Å². The summed E-state index contributed by atoms with van der Waals surface area (Å²) in [4.78, 5) is 36.3. The number of anilines is 1. The Morgan fingerprint density at radius 1 is 0.750 bits per heavy atom. The standard InChI is InChI=1S/C24H31N3O5/c1-4-7-22(28)27-19-11-8-17(9-12-19)23(29)25-14-15-26-24(30)18-10-13-20(31-5-2)21(16-18)32-6-3/h8-13,16H,4-7,14-15H2,1-3H3,(H,25,29)(H,26,30)(H,27,28). The van der Waals surface area contributed by atoms with Crippen LogP contribution in [0.3, 0.4) is 0 Å². The number of carbonyl (C=O) groups is 3. The number of hydrogen-bond acceptors (Lipinski definition) is 5. The Bertz CT molecular complexity index is 912. The second-order valence-electron chi connectivity index (χ2n) is 6.91. The molecule has 0 atom stereocenters. The second-order valence-corrected chi connectivity index (χ2v) is 6.91. The van der Waals surface area contributed by atoms with E-state index in [0.717, 1.165) is 6.42 Å². The summed E-state index contributed by atoms with van der Waals surface area (Å²) < 4.78 is 11.0. The number of ether oxygens (including phenoxy) is 2. The SMILES string of the molecule is CCCC(=O)Nc1ccc(C(=O)NCCNC(=O)c2ccc(OCC)c(OCC)c2)cc1. The van der Waals surface area contributed by atoms with Gasteiger partial charge >= 0.3 is 0 Å². The van der Waals surface area contributed by atoms with E-state index in [1.54, 1.807) is 42.5 Å². The van der Waals surface area contributed by atoms with Crippen LogP contribution in [0.15, 0.2) is 42.5 Å². The molecule has 0 aliphatic carbocycles. The molecule has 8 heteroatoms. The second kappa shape index (κ2) is 13.0. The van der Waals surface area contributed by atoms with Gasteiger partial charge in [0, 0.05) is 36.3 Å². The molecular formula is C24H31N3O5. The smallest absolute Gasteiger partial charge is 0.251 e. The van der Waals surface area contributed by atoms with Crippen molar-refractivity contribution in [3.8, 4) is 11.5 Å². The lowest BCUT2D eigenvalue weighted by molar-refractivity contribution is -0.116. The number of benzene rings is 2. The third-order valence-corrected chi connectivity index (χ3v) is 4.41. The normalized spacial score (nSPS) is 10.2. The molecule has 32 heavy (non-hydrogen) atoms. The van der Waals surface area contributed by atoms with Crippen LogP contribution in [0, 0.1) is 0 Å². The van der Waals surface area contributed by atoms with Crippen molar-refractivity contribution in [1.82, 2.24) is 10.6 Å². The first-order chi connectivity index (χ1) is 15.5. The molecule has 172 valence electrons. The lowest BCUT2D eigenvalue weighted by Gasteiger charge is -2.12. The van der Waals surface area contributed by atoms with Crippen LogP contribution in [-0.2, 0) is 4.79 Å². The highest BCUT2D eigenvalue weighted by Crippen LogP contribution is 2.28. The summed E-state index contributed by atoms with van der Waals surface area (Å²) in [6.07, 6.45) is 1.23. The molecule has 2 aromatic carbocycles. The number of amides is 3. The van der Waals surface area contributed by atoms with Crippen molar-refractivity contribution >= 4 is 23.4 Å². The number of carbonyl (C=O) groups excluding carboxylic acids is 3. The van der Waals surface area contributed by atoms with E-state index in [1.165, 1.54) is 0 Å². The van der Waals surface area contributed by atoms with Gasteiger partial charge < -0.3 is 25.4 Å². The van der Waals surface area contributed by atoms with Crippen LogP contribution in [0.25, 0.3) is 0 Å². The summed E-state index contributed by atoms with van der Waals surface area (Å²) in [7, 11) is 0. The highest BCUT2D eigenvalue weighted by molar-refractivity contribution is 5.96. The maximum atomic E-state index is 12.4. The van der Waals surface area contributed by atoms with Crippen LogP contribution in [0.2, 0.25) is 0 Å². The van der Waals surface area contributed by atoms with E-state index in [2.05, 4.69) is 16.0 Å². The number of nitrogens with one attached hydrogen (secondary N) is 3. The van der Waals surface area contributed by atoms with Crippen LogP contribution in [0.1, 0.15) is 54.3 Å². The zero-order chi connectivity index (χ0) is 23.3. The molecule has 0 spiro atoms. The largest absolute Gasteiger partial charge is 0.490 e. The molecule has 0 aliphatic heterocycles. The Morgan fingerprint density at radius 2 is 1.31 bits per heavy atom. The molecule has 0 radical (unpaired) electrons. The van der Waals surface area contributed by atoms with Crippen LogP contribution < -0.4 is 25.4 Å². The van der Waals surface area contributed by atoms with E-state index in [1.807, 2.05) is 20.8 Å². The molecule has 0 fully saturated rings. The first kappa shape index (κ1) is 24.7. The molecule has 2 rings (SSSR count). The maximum Gasteiger partial charge on any atom is 0.251 e. The zero-order valence-corrected chi connectivity index (χ0v) is 18.8. The minimum absolute atomic E-state index is 0.0543. The number of rotatable bonds is 12. The van der Waals surface area contributed by atoms with Crippen molar-refractivity contribution in [3.05, 3.63) is 53.6 Å². The van der Waals surface area contributed by atoms with Crippen LogP contribution in [0.4, 0.5) is 5.69 Å². The number of hydrogen-bond donors (Lipinski definition) is 3. The van der Waals surface area contributed by atoms with Gasteiger partial charge in [-0.25, -0.2) is 0 Å². The molecular weight excluding hydrogens is 410 g/mol. The monoisotopic (exact) mass is 441 g/mol. The van der Waals surface area contributed by atoms with Crippen LogP contribution in [0.5, 0.6) is 11.5 Å². The minimum Gasteiger partial charge on any atom is -0.490 e. The summed E-state index contributed by atoms with van der Waals surface area (Å²) in [5, 5.41) is 8.31. The van der Waals surface area contributed by atoms with E-state index in [0.29, 0.717) is 47.9 Å². The molecule has 0 bridgehead atoms. The quantitative estimate of drug-likeness (QED) is 0.438. The van der Waals surface area contributed by atoms with E-state index in [9.17, 15) is 14.4 Å². The average molecular weight is 442 g/mol. The first-order valence-electron chi connectivity index (χ1n) is 10.8. The van der Waals surface area contributed by atoms with E-state index < -0.39 is 0 Å².